The van der Waals surface area contributed by atoms with Gasteiger partial charge in [-0.05, 0) is 0 Å². The Kier molecular flexibility index (Phi) is 6.58. The minimum Gasteiger partial charge on any atom is -0.497 e. The van der Waals surface area contributed by atoms with Crippen molar-refractivity contribution in [3.8, 4) is 5.75 Å². The fourth-order valence-electron chi connectivity index (χ4n) is 2.35. The van der Waals surface area contributed by atoms with Crippen LogP contribution in [0, 0.1) is 11.6 Å². The summed E-state index contributed by atoms with van der Waals surface area (Å²) in [5.41, 5.74) is -0.217. The highest BCUT2D eigenvalue weighted by atomic mass is 35.5. The number of methoxy groups -OCH3 is 1. The summed E-state index contributed by atoms with van der Waals surface area (Å²) in [5, 5.41) is 3.12. The lowest BCUT2D eigenvalue weighted by molar-refractivity contribution is 0.141. The van der Waals surface area contributed by atoms with E-state index in [-0.39, 0.29) is 23.7 Å². The summed E-state index contributed by atoms with van der Waals surface area (Å²) in [7, 11) is 1.33. The second kappa shape index (κ2) is 7.71. The largest absolute Gasteiger partial charge is 0.497 e. The Morgan fingerprint density at radius 3 is 2.25 bits per heavy atom. The summed E-state index contributed by atoms with van der Waals surface area (Å²) in [5.74, 6) is -1.44. The first kappa shape index (κ1) is 17.1. The van der Waals surface area contributed by atoms with Crippen molar-refractivity contribution >= 4 is 12.4 Å². The number of ether oxygens (including phenoxy) is 1. The van der Waals surface area contributed by atoms with E-state index in [4.69, 9.17) is 4.74 Å². The van der Waals surface area contributed by atoms with Gasteiger partial charge in [0.1, 0.15) is 24.1 Å². The summed E-state index contributed by atoms with van der Waals surface area (Å²) < 4.78 is 46.0. The van der Waals surface area contributed by atoms with Crippen molar-refractivity contribution in [1.29, 1.82) is 0 Å². The lowest BCUT2D eigenvalue weighted by Gasteiger charge is -2.33. The SMILES string of the molecule is COc1cc(F)c([C@H](CF)N2CCNCC2)c(F)c1.Cl. The molecule has 0 spiro atoms. The maximum atomic E-state index is 14.0. The topological polar surface area (TPSA) is 24.5 Å². The van der Waals surface area contributed by atoms with Gasteiger partial charge in [-0.1, -0.05) is 0 Å². The smallest absolute Gasteiger partial charge is 0.134 e. The zero-order chi connectivity index (χ0) is 13.8. The number of benzene rings is 1. The van der Waals surface area contributed by atoms with Gasteiger partial charge in [-0.3, -0.25) is 4.90 Å². The highest BCUT2D eigenvalue weighted by molar-refractivity contribution is 5.85. The van der Waals surface area contributed by atoms with Gasteiger partial charge in [0.05, 0.1) is 13.2 Å². The van der Waals surface area contributed by atoms with Crippen molar-refractivity contribution in [3.63, 3.8) is 0 Å². The van der Waals surface area contributed by atoms with E-state index in [2.05, 4.69) is 5.32 Å². The fourth-order valence-corrected chi connectivity index (χ4v) is 2.35. The molecule has 1 aliphatic heterocycles. The van der Waals surface area contributed by atoms with Crippen molar-refractivity contribution in [1.82, 2.24) is 10.2 Å². The van der Waals surface area contributed by atoms with E-state index < -0.39 is 24.4 Å². The summed E-state index contributed by atoms with van der Waals surface area (Å²) in [6, 6.07) is 1.29. The van der Waals surface area contributed by atoms with Gasteiger partial charge in [0.15, 0.2) is 0 Å². The van der Waals surface area contributed by atoms with Crippen LogP contribution < -0.4 is 10.1 Å². The standard InChI is InChI=1S/C13H17F3N2O.ClH/c1-19-9-6-10(15)13(11(16)7-9)12(8-14)18-4-2-17-3-5-18;/h6-7,12,17H,2-5,8H2,1H3;1H/t12-;/m0./s1. The van der Waals surface area contributed by atoms with E-state index in [0.717, 1.165) is 12.1 Å². The molecule has 0 aromatic heterocycles. The average molecular weight is 311 g/mol. The number of halogens is 4. The Hall–Kier alpha value is -0.980. The number of piperazine rings is 1. The van der Waals surface area contributed by atoms with Gasteiger partial charge in [-0.15, -0.1) is 12.4 Å². The second-order valence-corrected chi connectivity index (χ2v) is 4.46. The molecule has 0 aliphatic carbocycles. The van der Waals surface area contributed by atoms with Crippen molar-refractivity contribution in [2.75, 3.05) is 40.0 Å². The monoisotopic (exact) mass is 310 g/mol. The molecule has 114 valence electrons. The first-order valence-electron chi connectivity index (χ1n) is 6.21. The van der Waals surface area contributed by atoms with Gasteiger partial charge in [0, 0.05) is 43.9 Å². The quantitative estimate of drug-likeness (QED) is 0.923. The lowest BCUT2D eigenvalue weighted by atomic mass is 10.0. The van der Waals surface area contributed by atoms with Crippen LogP contribution in [0.15, 0.2) is 12.1 Å². The number of nitrogens with zero attached hydrogens (tertiary/aromatic N) is 1. The molecule has 7 heteroatoms. The first-order chi connectivity index (χ1) is 9.17. The Morgan fingerprint density at radius 2 is 1.80 bits per heavy atom. The Labute approximate surface area is 122 Å². The molecule has 0 unspecified atom stereocenters. The Morgan fingerprint density at radius 1 is 1.25 bits per heavy atom. The number of hydrogen-bond donors (Lipinski definition) is 1. The van der Waals surface area contributed by atoms with E-state index in [1.54, 1.807) is 4.90 Å². The molecule has 1 aromatic rings. The molecule has 2 rings (SSSR count). The highest BCUT2D eigenvalue weighted by Crippen LogP contribution is 2.30. The Balaban J connectivity index is 0.00000200. The van der Waals surface area contributed by atoms with Crippen LogP contribution in [-0.4, -0.2) is 44.9 Å². The van der Waals surface area contributed by atoms with E-state index in [0.29, 0.717) is 26.2 Å². The molecule has 1 atom stereocenters. The average Bonchev–Trinajstić information content (AvgIpc) is 2.43. The molecule has 0 amide bonds. The van der Waals surface area contributed by atoms with Crippen LogP contribution in [0.25, 0.3) is 0 Å². The van der Waals surface area contributed by atoms with Gasteiger partial charge < -0.3 is 10.1 Å². The molecule has 20 heavy (non-hydrogen) atoms. The summed E-state index contributed by atoms with van der Waals surface area (Å²) in [6.45, 7) is 1.70. The van der Waals surface area contributed by atoms with Crippen LogP contribution in [0.4, 0.5) is 13.2 Å². The molecular formula is C13H18ClF3N2O. The number of rotatable bonds is 4. The lowest BCUT2D eigenvalue weighted by Crippen LogP contribution is -2.46. The minimum absolute atomic E-state index is 0. The predicted octanol–water partition coefficient (Wildman–Crippen LogP) is 2.31. The molecule has 1 saturated heterocycles. The molecule has 1 aromatic carbocycles. The number of nitrogens with one attached hydrogen (secondary N) is 1. The molecule has 1 heterocycles. The van der Waals surface area contributed by atoms with Crippen molar-refractivity contribution in [2.45, 2.75) is 6.04 Å². The zero-order valence-corrected chi connectivity index (χ0v) is 12.0. The Bertz CT molecular complexity index is 419. The van der Waals surface area contributed by atoms with Crippen molar-refractivity contribution < 1.29 is 17.9 Å². The normalized spacial score (nSPS) is 17.4. The maximum absolute atomic E-state index is 14.0. The first-order valence-corrected chi connectivity index (χ1v) is 6.21. The van der Waals surface area contributed by atoms with Crippen LogP contribution >= 0.6 is 12.4 Å². The van der Waals surface area contributed by atoms with E-state index in [9.17, 15) is 13.2 Å². The third kappa shape index (κ3) is 3.56. The minimum atomic E-state index is -0.881. The van der Waals surface area contributed by atoms with Gasteiger partial charge >= 0.3 is 0 Å². The van der Waals surface area contributed by atoms with Crippen LogP contribution in [0.2, 0.25) is 0 Å². The molecule has 0 radical (unpaired) electrons. The van der Waals surface area contributed by atoms with Crippen LogP contribution in [-0.2, 0) is 0 Å². The highest BCUT2D eigenvalue weighted by Gasteiger charge is 2.28. The third-order valence-corrected chi connectivity index (χ3v) is 3.36. The van der Waals surface area contributed by atoms with Crippen LogP contribution in [0.3, 0.4) is 0 Å². The van der Waals surface area contributed by atoms with Crippen molar-refractivity contribution in [3.05, 3.63) is 29.3 Å². The third-order valence-electron chi connectivity index (χ3n) is 3.36. The predicted molar refractivity (Wildman–Crippen MR) is 73.3 cm³/mol. The second-order valence-electron chi connectivity index (χ2n) is 4.46. The van der Waals surface area contributed by atoms with E-state index in [1.165, 1.54) is 7.11 Å². The maximum Gasteiger partial charge on any atom is 0.134 e. The summed E-state index contributed by atoms with van der Waals surface area (Å²) >= 11 is 0. The van der Waals surface area contributed by atoms with Gasteiger partial charge in [0.25, 0.3) is 0 Å². The fraction of sp³-hybridized carbons (Fsp3) is 0.538. The van der Waals surface area contributed by atoms with Gasteiger partial charge in [0.2, 0.25) is 0 Å². The molecule has 3 nitrogen and oxygen atoms in total. The molecule has 1 aliphatic rings. The number of hydrogen-bond acceptors (Lipinski definition) is 3. The summed E-state index contributed by atoms with van der Waals surface area (Å²) in [4.78, 5) is 1.75. The molecule has 1 N–H and O–H groups in total. The number of alkyl halides is 1. The van der Waals surface area contributed by atoms with Gasteiger partial charge in [-0.2, -0.15) is 0 Å². The van der Waals surface area contributed by atoms with Crippen LogP contribution in [0.1, 0.15) is 11.6 Å². The van der Waals surface area contributed by atoms with E-state index in [1.807, 2.05) is 0 Å². The molecule has 0 saturated carbocycles. The zero-order valence-electron chi connectivity index (χ0n) is 11.2. The molecular weight excluding hydrogens is 293 g/mol. The van der Waals surface area contributed by atoms with Gasteiger partial charge in [-0.25, -0.2) is 13.2 Å². The van der Waals surface area contributed by atoms with E-state index >= 15 is 0 Å². The molecule has 0 bridgehead atoms. The van der Waals surface area contributed by atoms with Crippen LogP contribution in [0.5, 0.6) is 5.75 Å². The molecule has 1 fully saturated rings. The van der Waals surface area contributed by atoms with Crippen molar-refractivity contribution in [2.24, 2.45) is 0 Å². The summed E-state index contributed by atoms with van der Waals surface area (Å²) in [6.07, 6.45) is 0.